The molecule has 0 saturated heterocycles. The van der Waals surface area contributed by atoms with E-state index in [0.717, 1.165) is 34.9 Å². The molecule has 2 aromatic rings. The van der Waals surface area contributed by atoms with Crippen LogP contribution in [0.2, 0.25) is 0 Å². The molecule has 126 valence electrons. The number of amides is 1. The lowest BCUT2D eigenvalue weighted by Crippen LogP contribution is -2.34. The Hall–Kier alpha value is -2.96. The molecule has 1 unspecified atom stereocenters. The van der Waals surface area contributed by atoms with Crippen LogP contribution in [0.5, 0.6) is 0 Å². The van der Waals surface area contributed by atoms with E-state index in [4.69, 9.17) is 0 Å². The van der Waals surface area contributed by atoms with Crippen LogP contribution in [-0.2, 0) is 11.3 Å². The summed E-state index contributed by atoms with van der Waals surface area (Å²) in [4.78, 5) is 33.9. The first-order valence-corrected chi connectivity index (χ1v) is 7.67. The van der Waals surface area contributed by atoms with Crippen LogP contribution in [-0.4, -0.2) is 21.9 Å². The Labute approximate surface area is 139 Å². The van der Waals surface area contributed by atoms with Gasteiger partial charge in [0.05, 0.1) is 11.1 Å². The van der Waals surface area contributed by atoms with E-state index in [9.17, 15) is 19.7 Å². The number of carbonyl (C=O) groups excluding carboxylic acids is 1. The molecular weight excluding hydrogens is 310 g/mol. The number of hydrogen-bond acceptors (Lipinski definition) is 4. The van der Waals surface area contributed by atoms with Gasteiger partial charge in [-0.05, 0) is 12.0 Å². The zero-order valence-electron chi connectivity index (χ0n) is 13.3. The Bertz CT molecular complexity index is 771. The van der Waals surface area contributed by atoms with Crippen molar-refractivity contribution >= 4 is 11.6 Å². The lowest BCUT2D eigenvalue weighted by atomic mass is 9.96. The van der Waals surface area contributed by atoms with E-state index in [1.807, 2.05) is 37.3 Å². The number of benzene rings is 1. The standard InChI is InChI=1S/C17H19N3O4/c1-2-13(14-6-4-3-5-7-14)10-18-16(21)12-19-11-15(20(23)24)8-9-17(19)22/h3-9,11,13H,2,10,12H2,1H3,(H,18,21). The first-order chi connectivity index (χ1) is 11.5. The van der Waals surface area contributed by atoms with E-state index in [-0.39, 0.29) is 24.1 Å². The maximum atomic E-state index is 12.1. The van der Waals surface area contributed by atoms with Gasteiger partial charge in [0.2, 0.25) is 5.91 Å². The van der Waals surface area contributed by atoms with Crippen LogP contribution in [0.4, 0.5) is 5.69 Å². The Morgan fingerprint density at radius 2 is 1.96 bits per heavy atom. The van der Waals surface area contributed by atoms with E-state index in [1.54, 1.807) is 0 Å². The molecular formula is C17H19N3O4. The smallest absolute Gasteiger partial charge is 0.285 e. The highest BCUT2D eigenvalue weighted by molar-refractivity contribution is 5.75. The van der Waals surface area contributed by atoms with Gasteiger partial charge >= 0.3 is 0 Å². The van der Waals surface area contributed by atoms with Gasteiger partial charge in [-0.25, -0.2) is 0 Å². The quantitative estimate of drug-likeness (QED) is 0.621. The molecule has 0 radical (unpaired) electrons. The summed E-state index contributed by atoms with van der Waals surface area (Å²) in [5.74, 6) is -0.177. The topological polar surface area (TPSA) is 94.2 Å². The molecule has 0 aliphatic heterocycles. The number of rotatable bonds is 7. The SMILES string of the molecule is CCC(CNC(=O)Cn1cc([N+](=O)[O-])ccc1=O)c1ccccc1. The van der Waals surface area contributed by atoms with Crippen LogP contribution in [0.15, 0.2) is 53.5 Å². The van der Waals surface area contributed by atoms with E-state index >= 15 is 0 Å². The monoisotopic (exact) mass is 329 g/mol. The normalized spacial score (nSPS) is 11.7. The Morgan fingerprint density at radius 3 is 2.58 bits per heavy atom. The first kappa shape index (κ1) is 17.4. The van der Waals surface area contributed by atoms with E-state index in [1.165, 1.54) is 0 Å². The third-order valence-electron chi connectivity index (χ3n) is 3.80. The van der Waals surface area contributed by atoms with Gasteiger partial charge in [-0.1, -0.05) is 37.3 Å². The van der Waals surface area contributed by atoms with Gasteiger partial charge in [0.15, 0.2) is 0 Å². The predicted octanol–water partition coefficient (Wildman–Crippen LogP) is 2.07. The van der Waals surface area contributed by atoms with Crippen molar-refractivity contribution in [2.45, 2.75) is 25.8 Å². The largest absolute Gasteiger partial charge is 0.354 e. The van der Waals surface area contributed by atoms with Gasteiger partial charge in [-0.3, -0.25) is 24.3 Å². The minimum atomic E-state index is -0.601. The molecule has 1 heterocycles. The maximum Gasteiger partial charge on any atom is 0.285 e. The second-order valence-electron chi connectivity index (χ2n) is 5.43. The highest BCUT2D eigenvalue weighted by atomic mass is 16.6. The summed E-state index contributed by atoms with van der Waals surface area (Å²) in [5.41, 5.74) is 0.455. The summed E-state index contributed by atoms with van der Waals surface area (Å²) < 4.78 is 1.04. The van der Waals surface area contributed by atoms with Crippen molar-refractivity contribution in [2.75, 3.05) is 6.54 Å². The molecule has 7 nitrogen and oxygen atoms in total. The summed E-state index contributed by atoms with van der Waals surface area (Å²) in [6.45, 7) is 2.24. The Kier molecular flexibility index (Phi) is 5.83. The second-order valence-corrected chi connectivity index (χ2v) is 5.43. The molecule has 2 rings (SSSR count). The Balaban J connectivity index is 1.99. The molecule has 1 N–H and O–H groups in total. The number of hydrogen-bond donors (Lipinski definition) is 1. The lowest BCUT2D eigenvalue weighted by Gasteiger charge is -2.16. The van der Waals surface area contributed by atoms with Gasteiger partial charge < -0.3 is 5.32 Å². The van der Waals surface area contributed by atoms with Crippen LogP contribution >= 0.6 is 0 Å². The molecule has 1 aromatic carbocycles. The van der Waals surface area contributed by atoms with Gasteiger partial charge in [0.1, 0.15) is 6.54 Å². The summed E-state index contributed by atoms with van der Waals surface area (Å²) >= 11 is 0. The van der Waals surface area contributed by atoms with Gasteiger partial charge in [0, 0.05) is 24.6 Å². The van der Waals surface area contributed by atoms with Gasteiger partial charge in [-0.15, -0.1) is 0 Å². The molecule has 0 saturated carbocycles. The molecule has 0 aliphatic carbocycles. The fourth-order valence-corrected chi connectivity index (χ4v) is 2.42. The van der Waals surface area contributed by atoms with Gasteiger partial charge in [0.25, 0.3) is 11.2 Å². The molecule has 0 bridgehead atoms. The average Bonchev–Trinajstić information content (AvgIpc) is 2.58. The maximum absolute atomic E-state index is 12.1. The molecule has 24 heavy (non-hydrogen) atoms. The van der Waals surface area contributed by atoms with Gasteiger partial charge in [-0.2, -0.15) is 0 Å². The van der Waals surface area contributed by atoms with Crippen molar-refractivity contribution < 1.29 is 9.72 Å². The van der Waals surface area contributed by atoms with Crippen LogP contribution < -0.4 is 10.9 Å². The molecule has 7 heteroatoms. The third kappa shape index (κ3) is 4.52. The number of pyridine rings is 1. The minimum absolute atomic E-state index is 0.178. The summed E-state index contributed by atoms with van der Waals surface area (Å²) in [5, 5.41) is 13.5. The van der Waals surface area contributed by atoms with E-state index < -0.39 is 10.5 Å². The number of aromatic nitrogens is 1. The predicted molar refractivity (Wildman–Crippen MR) is 89.8 cm³/mol. The molecule has 0 aliphatic rings. The molecule has 0 fully saturated rings. The summed E-state index contributed by atoms with van der Waals surface area (Å²) in [6.07, 6.45) is 1.94. The lowest BCUT2D eigenvalue weighted by molar-refractivity contribution is -0.385. The van der Waals surface area contributed by atoms with Crippen molar-refractivity contribution in [3.63, 3.8) is 0 Å². The van der Waals surface area contributed by atoms with E-state index in [0.29, 0.717) is 6.54 Å². The van der Waals surface area contributed by atoms with Crippen LogP contribution in [0.1, 0.15) is 24.8 Å². The molecule has 0 spiro atoms. The molecule has 1 atom stereocenters. The second kappa shape index (κ2) is 8.05. The van der Waals surface area contributed by atoms with Crippen molar-refractivity contribution in [2.24, 2.45) is 0 Å². The van der Waals surface area contributed by atoms with Crippen molar-refractivity contribution in [1.29, 1.82) is 0 Å². The fourth-order valence-electron chi connectivity index (χ4n) is 2.42. The number of carbonyl (C=O) groups is 1. The van der Waals surface area contributed by atoms with Crippen LogP contribution in [0, 0.1) is 10.1 Å². The number of nitrogens with one attached hydrogen (secondary N) is 1. The van der Waals surface area contributed by atoms with Crippen molar-refractivity contribution in [1.82, 2.24) is 9.88 Å². The fraction of sp³-hybridized carbons (Fsp3) is 0.294. The summed E-state index contributed by atoms with van der Waals surface area (Å²) in [6, 6.07) is 12.1. The number of nitro groups is 1. The Morgan fingerprint density at radius 1 is 1.25 bits per heavy atom. The van der Waals surface area contributed by atoms with E-state index in [2.05, 4.69) is 5.32 Å². The molecule has 1 amide bonds. The zero-order chi connectivity index (χ0) is 17.5. The van der Waals surface area contributed by atoms with Crippen molar-refractivity contribution in [3.05, 3.63) is 74.7 Å². The zero-order valence-corrected chi connectivity index (χ0v) is 13.3. The average molecular weight is 329 g/mol. The van der Waals surface area contributed by atoms with Crippen LogP contribution in [0.3, 0.4) is 0 Å². The third-order valence-corrected chi connectivity index (χ3v) is 3.80. The highest BCUT2D eigenvalue weighted by Crippen LogP contribution is 2.17. The number of nitrogens with zero attached hydrogens (tertiary/aromatic N) is 2. The molecule has 1 aromatic heterocycles. The van der Waals surface area contributed by atoms with Crippen LogP contribution in [0.25, 0.3) is 0 Å². The summed E-state index contributed by atoms with van der Waals surface area (Å²) in [7, 11) is 0. The highest BCUT2D eigenvalue weighted by Gasteiger charge is 2.13. The minimum Gasteiger partial charge on any atom is -0.354 e. The first-order valence-electron chi connectivity index (χ1n) is 7.67. The van der Waals surface area contributed by atoms with Crippen molar-refractivity contribution in [3.8, 4) is 0 Å².